The van der Waals surface area contributed by atoms with Crippen molar-refractivity contribution in [3.63, 3.8) is 0 Å². The zero-order valence-electron chi connectivity index (χ0n) is 12.8. The van der Waals surface area contributed by atoms with Gasteiger partial charge in [-0.3, -0.25) is 0 Å². The fourth-order valence-electron chi connectivity index (χ4n) is 1.68. The van der Waals surface area contributed by atoms with Crippen molar-refractivity contribution >= 4 is 0 Å². The van der Waals surface area contributed by atoms with Gasteiger partial charge in [0.05, 0.1) is 6.61 Å². The summed E-state index contributed by atoms with van der Waals surface area (Å²) in [6.07, 6.45) is 2.04. The van der Waals surface area contributed by atoms with Gasteiger partial charge in [0.1, 0.15) is 23.7 Å². The molecule has 0 bridgehead atoms. The normalized spacial score (nSPS) is 13.8. The van der Waals surface area contributed by atoms with Crippen molar-refractivity contribution < 1.29 is 14.6 Å². The summed E-state index contributed by atoms with van der Waals surface area (Å²) in [6, 6.07) is 7.49. The molecule has 1 atom stereocenters. The molecule has 4 nitrogen and oxygen atoms in total. The zero-order chi connectivity index (χ0) is 14.8. The number of hydrogen-bond acceptors (Lipinski definition) is 4. The molecule has 1 aromatic carbocycles. The van der Waals surface area contributed by atoms with Crippen LogP contribution in [0.1, 0.15) is 33.6 Å². The first-order chi connectivity index (χ1) is 9.57. The molecule has 1 aromatic rings. The van der Waals surface area contributed by atoms with E-state index in [4.69, 9.17) is 9.47 Å². The molecule has 20 heavy (non-hydrogen) atoms. The quantitative estimate of drug-likeness (QED) is 0.647. The van der Waals surface area contributed by atoms with Crippen LogP contribution in [0.2, 0.25) is 0 Å². The molecule has 0 spiro atoms. The number of hydrogen-bond donors (Lipinski definition) is 2. The molecule has 0 heterocycles. The lowest BCUT2D eigenvalue weighted by Gasteiger charge is -2.24. The van der Waals surface area contributed by atoms with Crippen LogP contribution in [-0.2, 0) is 0 Å². The smallest absolute Gasteiger partial charge is 0.119 e. The highest BCUT2D eigenvalue weighted by atomic mass is 16.5. The van der Waals surface area contributed by atoms with Crippen LogP contribution >= 0.6 is 0 Å². The highest BCUT2D eigenvalue weighted by Crippen LogP contribution is 2.18. The molecule has 0 radical (unpaired) electrons. The summed E-state index contributed by atoms with van der Waals surface area (Å²) in [5.74, 6) is 1.58. The third-order valence-electron chi connectivity index (χ3n) is 2.78. The minimum absolute atomic E-state index is 0.263. The lowest BCUT2D eigenvalue weighted by Crippen LogP contribution is -2.43. The van der Waals surface area contributed by atoms with E-state index in [2.05, 4.69) is 19.2 Å². The van der Waals surface area contributed by atoms with E-state index in [-0.39, 0.29) is 6.61 Å². The molecule has 0 saturated carbocycles. The predicted octanol–water partition coefficient (Wildman–Crippen LogP) is 2.60. The Morgan fingerprint density at radius 1 is 1.05 bits per heavy atom. The van der Waals surface area contributed by atoms with Gasteiger partial charge < -0.3 is 19.9 Å². The molecule has 1 rings (SSSR count). The van der Waals surface area contributed by atoms with E-state index in [0.29, 0.717) is 6.54 Å². The largest absolute Gasteiger partial charge is 0.494 e. The van der Waals surface area contributed by atoms with Crippen LogP contribution in [0.25, 0.3) is 0 Å². The number of nitrogens with one attached hydrogen (secondary N) is 1. The summed E-state index contributed by atoms with van der Waals surface area (Å²) < 4.78 is 11.1. The average molecular weight is 281 g/mol. The zero-order valence-corrected chi connectivity index (χ0v) is 12.8. The van der Waals surface area contributed by atoms with Crippen LogP contribution in [0, 0.1) is 0 Å². The fraction of sp³-hybridized carbons (Fsp3) is 0.625. The molecule has 0 amide bonds. The van der Waals surface area contributed by atoms with Gasteiger partial charge in [-0.1, -0.05) is 13.8 Å². The van der Waals surface area contributed by atoms with E-state index in [1.807, 2.05) is 24.3 Å². The van der Waals surface area contributed by atoms with E-state index >= 15 is 0 Å². The molecule has 0 aliphatic carbocycles. The molecule has 0 aromatic heterocycles. The molecular weight excluding hydrogens is 254 g/mol. The SMILES string of the molecule is CCCNCC(C)(O)COc1ccc(OCCC)cc1. The molecule has 114 valence electrons. The summed E-state index contributed by atoms with van der Waals surface area (Å²) in [7, 11) is 0. The van der Waals surface area contributed by atoms with E-state index in [9.17, 15) is 5.11 Å². The van der Waals surface area contributed by atoms with Gasteiger partial charge >= 0.3 is 0 Å². The highest BCUT2D eigenvalue weighted by Gasteiger charge is 2.20. The summed E-state index contributed by atoms with van der Waals surface area (Å²) in [5, 5.41) is 13.4. The molecule has 1 unspecified atom stereocenters. The van der Waals surface area contributed by atoms with E-state index in [1.54, 1.807) is 6.92 Å². The molecule has 0 fully saturated rings. The number of ether oxygens (including phenoxy) is 2. The van der Waals surface area contributed by atoms with Gasteiger partial charge in [0.15, 0.2) is 0 Å². The first-order valence-corrected chi connectivity index (χ1v) is 7.36. The Morgan fingerprint density at radius 2 is 1.65 bits per heavy atom. The van der Waals surface area contributed by atoms with Crippen LogP contribution in [0.5, 0.6) is 11.5 Å². The van der Waals surface area contributed by atoms with Crippen LogP contribution in [0.4, 0.5) is 0 Å². The average Bonchev–Trinajstić information content (AvgIpc) is 2.44. The molecule has 0 aliphatic rings. The van der Waals surface area contributed by atoms with Gasteiger partial charge in [-0.05, 0) is 50.6 Å². The Bertz CT molecular complexity index is 362. The van der Waals surface area contributed by atoms with Gasteiger partial charge in [-0.25, -0.2) is 0 Å². The topological polar surface area (TPSA) is 50.7 Å². The number of aliphatic hydroxyl groups is 1. The Morgan fingerprint density at radius 3 is 2.20 bits per heavy atom. The van der Waals surface area contributed by atoms with Crippen molar-refractivity contribution in [1.82, 2.24) is 5.32 Å². The molecule has 4 heteroatoms. The van der Waals surface area contributed by atoms with Crippen molar-refractivity contribution in [3.05, 3.63) is 24.3 Å². The van der Waals surface area contributed by atoms with Gasteiger partial charge in [-0.2, -0.15) is 0 Å². The fourth-order valence-corrected chi connectivity index (χ4v) is 1.68. The summed E-state index contributed by atoms with van der Waals surface area (Å²) in [4.78, 5) is 0. The minimum atomic E-state index is -0.868. The first kappa shape index (κ1) is 16.8. The maximum atomic E-state index is 10.2. The predicted molar refractivity (Wildman–Crippen MR) is 81.5 cm³/mol. The van der Waals surface area contributed by atoms with E-state index < -0.39 is 5.60 Å². The highest BCUT2D eigenvalue weighted by molar-refractivity contribution is 5.31. The van der Waals surface area contributed by atoms with Crippen molar-refractivity contribution in [2.24, 2.45) is 0 Å². The Kier molecular flexibility index (Phi) is 7.41. The molecule has 2 N–H and O–H groups in total. The number of benzene rings is 1. The van der Waals surface area contributed by atoms with Crippen LogP contribution in [0.15, 0.2) is 24.3 Å². The van der Waals surface area contributed by atoms with E-state index in [1.165, 1.54) is 0 Å². The first-order valence-electron chi connectivity index (χ1n) is 7.36. The number of rotatable bonds is 10. The molecule has 0 aliphatic heterocycles. The Balaban J connectivity index is 2.36. The second kappa shape index (κ2) is 8.82. The molecule has 0 saturated heterocycles. The van der Waals surface area contributed by atoms with Crippen molar-refractivity contribution in [2.45, 2.75) is 39.2 Å². The maximum Gasteiger partial charge on any atom is 0.119 e. The Hall–Kier alpha value is -1.26. The lowest BCUT2D eigenvalue weighted by atomic mass is 10.1. The van der Waals surface area contributed by atoms with Crippen molar-refractivity contribution in [1.29, 1.82) is 0 Å². The third kappa shape index (κ3) is 6.78. The maximum absolute atomic E-state index is 10.2. The van der Waals surface area contributed by atoms with Crippen molar-refractivity contribution in [2.75, 3.05) is 26.3 Å². The monoisotopic (exact) mass is 281 g/mol. The van der Waals surface area contributed by atoms with Gasteiger partial charge in [0.2, 0.25) is 0 Å². The third-order valence-corrected chi connectivity index (χ3v) is 2.78. The Labute approximate surface area is 122 Å². The van der Waals surface area contributed by atoms with Crippen molar-refractivity contribution in [3.8, 4) is 11.5 Å². The second-order valence-electron chi connectivity index (χ2n) is 5.28. The van der Waals surface area contributed by atoms with Gasteiger partial charge in [-0.15, -0.1) is 0 Å². The van der Waals surface area contributed by atoms with Gasteiger partial charge in [0, 0.05) is 6.54 Å². The minimum Gasteiger partial charge on any atom is -0.494 e. The molecular formula is C16H27NO3. The summed E-state index contributed by atoms with van der Waals surface area (Å²) in [6.45, 7) is 8.36. The van der Waals surface area contributed by atoms with Gasteiger partial charge in [0.25, 0.3) is 0 Å². The standard InChI is InChI=1S/C16H27NO3/c1-4-10-17-12-16(3,18)13-20-15-8-6-14(7-9-15)19-11-5-2/h6-9,17-18H,4-5,10-13H2,1-3H3. The second-order valence-corrected chi connectivity index (χ2v) is 5.28. The van der Waals surface area contributed by atoms with E-state index in [0.717, 1.165) is 37.5 Å². The summed E-state index contributed by atoms with van der Waals surface area (Å²) >= 11 is 0. The van der Waals surface area contributed by atoms with Crippen LogP contribution in [0.3, 0.4) is 0 Å². The lowest BCUT2D eigenvalue weighted by molar-refractivity contribution is 0.0125. The summed E-state index contributed by atoms with van der Waals surface area (Å²) in [5.41, 5.74) is -0.868. The van der Waals surface area contributed by atoms with Crippen LogP contribution in [-0.4, -0.2) is 37.0 Å². The van der Waals surface area contributed by atoms with Crippen LogP contribution < -0.4 is 14.8 Å².